The highest BCUT2D eigenvalue weighted by molar-refractivity contribution is 5.94. The van der Waals surface area contributed by atoms with Crippen LogP contribution in [0.3, 0.4) is 0 Å². The molecule has 1 saturated heterocycles. The third kappa shape index (κ3) is 4.10. The Morgan fingerprint density at radius 1 is 1.35 bits per heavy atom. The number of carbonyl (C=O) groups is 1. The molecule has 0 aliphatic carbocycles. The number of rotatable bonds is 4. The molecular weight excluding hydrogens is 316 g/mol. The fourth-order valence-electron chi connectivity index (χ4n) is 2.58. The molecule has 0 spiro atoms. The average molecular weight is 337 g/mol. The summed E-state index contributed by atoms with van der Waals surface area (Å²) in [5, 5.41) is 20.0. The molecule has 1 aliphatic heterocycles. The molecule has 23 heavy (non-hydrogen) atoms. The molecule has 2 aromatic rings. The Balaban J connectivity index is 0.00000192. The van der Waals surface area contributed by atoms with Crippen molar-refractivity contribution in [3.8, 4) is 5.69 Å². The lowest BCUT2D eigenvalue weighted by Gasteiger charge is -2.14. The van der Waals surface area contributed by atoms with Crippen LogP contribution < -0.4 is 10.6 Å². The van der Waals surface area contributed by atoms with E-state index in [0.29, 0.717) is 18.7 Å². The second kappa shape index (κ2) is 7.59. The van der Waals surface area contributed by atoms with Crippen LogP contribution in [0.2, 0.25) is 0 Å². The fraction of sp³-hybridized carbons (Fsp3) is 0.375. The number of hydrogen-bond acceptors (Lipinski definition) is 4. The van der Waals surface area contributed by atoms with E-state index in [2.05, 4.69) is 15.7 Å². The average Bonchev–Trinajstić information content (AvgIpc) is 3.13. The Morgan fingerprint density at radius 2 is 2.09 bits per heavy atom. The summed E-state index contributed by atoms with van der Waals surface area (Å²) in [5.74, 6) is -0.0439. The summed E-state index contributed by atoms with van der Waals surface area (Å²) in [7, 11) is 0. The Morgan fingerprint density at radius 3 is 2.65 bits per heavy atom. The van der Waals surface area contributed by atoms with Crippen molar-refractivity contribution in [3.63, 3.8) is 0 Å². The largest absolute Gasteiger partial charge is 0.391 e. The zero-order chi connectivity index (χ0) is 15.5. The van der Waals surface area contributed by atoms with Crippen LogP contribution in [0, 0.1) is 12.8 Å². The predicted octanol–water partition coefficient (Wildman–Crippen LogP) is 0.913. The number of benzene rings is 1. The smallest absolute Gasteiger partial charge is 0.251 e. The van der Waals surface area contributed by atoms with E-state index in [1.54, 1.807) is 16.8 Å². The Bertz CT molecular complexity index is 656. The Labute approximate surface area is 141 Å². The molecule has 0 saturated carbocycles. The fourth-order valence-corrected chi connectivity index (χ4v) is 2.58. The van der Waals surface area contributed by atoms with Crippen LogP contribution in [0.4, 0.5) is 0 Å². The molecule has 3 N–H and O–H groups in total. The van der Waals surface area contributed by atoms with Gasteiger partial charge in [-0.1, -0.05) is 0 Å². The summed E-state index contributed by atoms with van der Waals surface area (Å²) < 4.78 is 1.78. The monoisotopic (exact) mass is 336 g/mol. The molecule has 2 atom stereocenters. The second-order valence-electron chi connectivity index (χ2n) is 5.64. The van der Waals surface area contributed by atoms with Crippen molar-refractivity contribution in [2.45, 2.75) is 13.0 Å². The minimum absolute atomic E-state index is 0. The molecule has 0 radical (unpaired) electrons. The molecular formula is C16H21ClN4O2. The van der Waals surface area contributed by atoms with Gasteiger partial charge in [-0.25, -0.2) is 4.68 Å². The number of aryl methyl sites for hydroxylation is 1. The number of β-amino-alcohol motifs (C(OH)–C–C–N with tert-alkyl or cyclic N) is 1. The van der Waals surface area contributed by atoms with E-state index in [0.717, 1.165) is 17.9 Å². The van der Waals surface area contributed by atoms with Gasteiger partial charge in [-0.05, 0) is 37.3 Å². The molecule has 1 fully saturated rings. The molecule has 1 aromatic carbocycles. The number of halogens is 1. The van der Waals surface area contributed by atoms with Gasteiger partial charge in [0.05, 0.1) is 17.5 Å². The first-order chi connectivity index (χ1) is 10.6. The molecule has 7 heteroatoms. The minimum atomic E-state index is -0.384. The molecule has 1 aliphatic rings. The van der Waals surface area contributed by atoms with Crippen molar-refractivity contribution in [2.75, 3.05) is 19.6 Å². The number of carbonyl (C=O) groups excluding carboxylic acids is 1. The maximum Gasteiger partial charge on any atom is 0.251 e. The summed E-state index contributed by atoms with van der Waals surface area (Å²) in [6, 6.07) is 9.23. The van der Waals surface area contributed by atoms with Gasteiger partial charge in [-0.2, -0.15) is 5.10 Å². The van der Waals surface area contributed by atoms with Gasteiger partial charge in [0.25, 0.3) is 5.91 Å². The van der Waals surface area contributed by atoms with Crippen LogP contribution in [0.5, 0.6) is 0 Å². The summed E-state index contributed by atoms with van der Waals surface area (Å²) >= 11 is 0. The zero-order valence-electron chi connectivity index (χ0n) is 12.9. The third-order valence-electron chi connectivity index (χ3n) is 3.95. The second-order valence-corrected chi connectivity index (χ2v) is 5.64. The van der Waals surface area contributed by atoms with Crippen LogP contribution in [0.1, 0.15) is 16.1 Å². The van der Waals surface area contributed by atoms with Gasteiger partial charge >= 0.3 is 0 Å². The number of hydrogen-bond donors (Lipinski definition) is 3. The maximum atomic E-state index is 12.1. The SMILES string of the molecule is Cc1ccn(-c2ccc(C(=O)NCC3CNCC3O)cc2)n1.Cl. The normalized spacial score (nSPS) is 20.1. The van der Waals surface area contributed by atoms with Gasteiger partial charge in [-0.3, -0.25) is 4.79 Å². The molecule has 2 heterocycles. The van der Waals surface area contributed by atoms with Crippen molar-refractivity contribution >= 4 is 18.3 Å². The van der Waals surface area contributed by atoms with E-state index in [4.69, 9.17) is 0 Å². The summed E-state index contributed by atoms with van der Waals surface area (Å²) in [5.41, 5.74) is 2.47. The van der Waals surface area contributed by atoms with E-state index < -0.39 is 0 Å². The molecule has 6 nitrogen and oxygen atoms in total. The lowest BCUT2D eigenvalue weighted by atomic mass is 10.1. The molecule has 124 valence electrons. The molecule has 3 rings (SSSR count). The number of nitrogens with zero attached hydrogens (tertiary/aromatic N) is 2. The highest BCUT2D eigenvalue weighted by Crippen LogP contribution is 2.11. The first-order valence-electron chi connectivity index (χ1n) is 7.43. The molecule has 2 unspecified atom stereocenters. The van der Waals surface area contributed by atoms with Gasteiger partial charge in [0.15, 0.2) is 0 Å². The zero-order valence-corrected chi connectivity index (χ0v) is 13.7. The van der Waals surface area contributed by atoms with E-state index in [1.807, 2.05) is 31.3 Å². The van der Waals surface area contributed by atoms with Crippen molar-refractivity contribution < 1.29 is 9.90 Å². The Hall–Kier alpha value is -1.89. The highest BCUT2D eigenvalue weighted by Gasteiger charge is 2.25. The number of aromatic nitrogens is 2. The standard InChI is InChI=1S/C16H20N4O2.ClH/c1-11-6-7-20(19-11)14-4-2-12(3-5-14)16(22)18-9-13-8-17-10-15(13)21;/h2-7,13,15,17,21H,8-10H2,1H3,(H,18,22);1H. The van der Waals surface area contributed by atoms with E-state index in [-0.39, 0.29) is 30.3 Å². The molecule has 0 bridgehead atoms. The van der Waals surface area contributed by atoms with Crippen LogP contribution in [-0.2, 0) is 0 Å². The van der Waals surface area contributed by atoms with Gasteiger partial charge in [0, 0.05) is 37.3 Å². The Kier molecular flexibility index (Phi) is 5.76. The predicted molar refractivity (Wildman–Crippen MR) is 90.2 cm³/mol. The number of amides is 1. The van der Waals surface area contributed by atoms with E-state index >= 15 is 0 Å². The van der Waals surface area contributed by atoms with Gasteiger partial charge < -0.3 is 15.7 Å². The first-order valence-corrected chi connectivity index (χ1v) is 7.43. The quantitative estimate of drug-likeness (QED) is 0.775. The van der Waals surface area contributed by atoms with Crippen molar-refractivity contribution in [1.29, 1.82) is 0 Å². The number of aliphatic hydroxyl groups excluding tert-OH is 1. The van der Waals surface area contributed by atoms with Crippen LogP contribution in [-0.4, -0.2) is 46.5 Å². The van der Waals surface area contributed by atoms with Crippen molar-refractivity contribution in [2.24, 2.45) is 5.92 Å². The van der Waals surface area contributed by atoms with Gasteiger partial charge in [0.1, 0.15) is 0 Å². The number of nitrogens with one attached hydrogen (secondary N) is 2. The summed E-state index contributed by atoms with van der Waals surface area (Å²) in [6.07, 6.45) is 1.50. The van der Waals surface area contributed by atoms with E-state index in [1.165, 1.54) is 0 Å². The summed E-state index contributed by atoms with van der Waals surface area (Å²) in [4.78, 5) is 12.1. The molecule has 1 amide bonds. The van der Waals surface area contributed by atoms with Crippen molar-refractivity contribution in [1.82, 2.24) is 20.4 Å². The van der Waals surface area contributed by atoms with Gasteiger partial charge in [-0.15, -0.1) is 12.4 Å². The third-order valence-corrected chi connectivity index (χ3v) is 3.95. The highest BCUT2D eigenvalue weighted by atomic mass is 35.5. The maximum absolute atomic E-state index is 12.1. The van der Waals surface area contributed by atoms with Crippen LogP contribution in [0.25, 0.3) is 5.69 Å². The topological polar surface area (TPSA) is 79.2 Å². The first kappa shape index (κ1) is 17.5. The summed E-state index contributed by atoms with van der Waals surface area (Å²) in [6.45, 7) is 3.75. The number of aliphatic hydroxyl groups is 1. The molecule has 1 aromatic heterocycles. The van der Waals surface area contributed by atoms with E-state index in [9.17, 15) is 9.90 Å². The lowest BCUT2D eigenvalue weighted by Crippen LogP contribution is -2.34. The minimum Gasteiger partial charge on any atom is -0.391 e. The lowest BCUT2D eigenvalue weighted by molar-refractivity contribution is 0.0927. The van der Waals surface area contributed by atoms with Crippen molar-refractivity contribution in [3.05, 3.63) is 47.8 Å². The van der Waals surface area contributed by atoms with Crippen LogP contribution in [0.15, 0.2) is 36.5 Å². The van der Waals surface area contributed by atoms with Crippen LogP contribution >= 0.6 is 12.4 Å². The van der Waals surface area contributed by atoms with Gasteiger partial charge in [0.2, 0.25) is 0 Å².